The number of hydrogen-bond acceptors (Lipinski definition) is 7. The molecule has 9 heteroatoms. The highest BCUT2D eigenvalue weighted by Crippen LogP contribution is 2.35. The molecule has 1 fully saturated rings. The van der Waals surface area contributed by atoms with Gasteiger partial charge >= 0.3 is 12.1 Å². The molecule has 4 aromatic rings. The fourth-order valence-electron chi connectivity index (χ4n) is 4.46. The van der Waals surface area contributed by atoms with Gasteiger partial charge in [-0.05, 0) is 18.1 Å². The zero-order chi connectivity index (χ0) is 25.6. The Kier molecular flexibility index (Phi) is 7.12. The number of ether oxygens (including phenoxy) is 2. The highest BCUT2D eigenvalue weighted by Gasteiger charge is 2.31. The van der Waals surface area contributed by atoms with E-state index >= 15 is 0 Å². The number of pyridine rings is 1. The summed E-state index contributed by atoms with van der Waals surface area (Å²) in [7, 11) is 1.34. The van der Waals surface area contributed by atoms with Crippen LogP contribution in [0, 0.1) is 0 Å². The van der Waals surface area contributed by atoms with E-state index in [0.29, 0.717) is 24.3 Å². The second kappa shape index (κ2) is 10.9. The number of rotatable bonds is 7. The van der Waals surface area contributed by atoms with Gasteiger partial charge in [0, 0.05) is 24.8 Å². The summed E-state index contributed by atoms with van der Waals surface area (Å²) in [6.45, 7) is 1.29. The number of esters is 1. The van der Waals surface area contributed by atoms with Crippen molar-refractivity contribution in [3.63, 3.8) is 0 Å². The largest absolute Gasteiger partial charge is 0.465 e. The van der Waals surface area contributed by atoms with Gasteiger partial charge in [-0.25, -0.2) is 9.59 Å². The fourth-order valence-corrected chi connectivity index (χ4v) is 4.46. The predicted octanol–water partition coefficient (Wildman–Crippen LogP) is 5.06. The van der Waals surface area contributed by atoms with Crippen molar-refractivity contribution in [1.82, 2.24) is 19.7 Å². The van der Waals surface area contributed by atoms with Crippen molar-refractivity contribution in [2.24, 2.45) is 0 Å². The fraction of sp³-hybridized carbons (Fsp3) is 0.214. The number of carbonyl (C=O) groups is 2. The van der Waals surface area contributed by atoms with Gasteiger partial charge in [-0.1, -0.05) is 60.7 Å². The van der Waals surface area contributed by atoms with Crippen LogP contribution < -0.4 is 5.32 Å². The third kappa shape index (κ3) is 5.30. The van der Waals surface area contributed by atoms with Crippen LogP contribution >= 0.6 is 0 Å². The van der Waals surface area contributed by atoms with Crippen molar-refractivity contribution in [3.8, 4) is 11.3 Å². The third-order valence-electron chi connectivity index (χ3n) is 6.31. The minimum atomic E-state index is -0.459. The molecule has 5 rings (SSSR count). The van der Waals surface area contributed by atoms with E-state index in [1.54, 1.807) is 29.6 Å². The Balaban J connectivity index is 1.38. The molecule has 1 aliphatic heterocycles. The SMILES string of the molecule is COC(=O)c1ccncc1Nc1cnn(C2CCN(C(=O)OCc3ccccc3)C2)c1-c1ccccc1. The summed E-state index contributed by atoms with van der Waals surface area (Å²) in [5.74, 6) is -0.459. The summed E-state index contributed by atoms with van der Waals surface area (Å²) in [6, 6.07) is 21.1. The van der Waals surface area contributed by atoms with Crippen LogP contribution in [0.15, 0.2) is 85.3 Å². The van der Waals surface area contributed by atoms with Crippen LogP contribution in [-0.4, -0.2) is 51.9 Å². The Morgan fingerprint density at radius 3 is 2.51 bits per heavy atom. The van der Waals surface area contributed by atoms with Gasteiger partial charge in [0.25, 0.3) is 0 Å². The lowest BCUT2D eigenvalue weighted by Gasteiger charge is -2.19. The van der Waals surface area contributed by atoms with E-state index < -0.39 is 5.97 Å². The van der Waals surface area contributed by atoms with E-state index in [1.165, 1.54) is 7.11 Å². The normalized spacial score (nSPS) is 14.8. The molecule has 9 nitrogen and oxygen atoms in total. The molecule has 0 spiro atoms. The molecule has 0 aliphatic carbocycles. The molecule has 1 unspecified atom stereocenters. The number of likely N-dealkylation sites (tertiary alicyclic amines) is 1. The van der Waals surface area contributed by atoms with Crippen molar-refractivity contribution < 1.29 is 19.1 Å². The van der Waals surface area contributed by atoms with Crippen LogP contribution in [-0.2, 0) is 16.1 Å². The maximum atomic E-state index is 12.7. The molecular formula is C28H27N5O4. The molecule has 1 N–H and O–H groups in total. The Bertz CT molecular complexity index is 1370. The molecule has 1 atom stereocenters. The second-order valence-electron chi connectivity index (χ2n) is 8.68. The Morgan fingerprint density at radius 1 is 1.00 bits per heavy atom. The summed E-state index contributed by atoms with van der Waals surface area (Å²) in [5.41, 5.74) is 4.36. The Labute approximate surface area is 214 Å². The number of amides is 1. The molecule has 2 aromatic carbocycles. The van der Waals surface area contributed by atoms with Gasteiger partial charge < -0.3 is 19.7 Å². The quantitative estimate of drug-likeness (QED) is 0.356. The molecule has 37 heavy (non-hydrogen) atoms. The van der Waals surface area contributed by atoms with Crippen molar-refractivity contribution in [2.75, 3.05) is 25.5 Å². The molecular weight excluding hydrogens is 470 g/mol. The summed E-state index contributed by atoms with van der Waals surface area (Å²) < 4.78 is 12.4. The van der Waals surface area contributed by atoms with Crippen molar-refractivity contribution in [3.05, 3.63) is 96.4 Å². The van der Waals surface area contributed by atoms with Gasteiger partial charge in [0.1, 0.15) is 6.61 Å². The van der Waals surface area contributed by atoms with E-state index in [2.05, 4.69) is 10.3 Å². The van der Waals surface area contributed by atoms with E-state index in [1.807, 2.05) is 65.3 Å². The molecule has 0 radical (unpaired) electrons. The smallest absolute Gasteiger partial charge is 0.410 e. The first-order chi connectivity index (χ1) is 18.1. The summed E-state index contributed by atoms with van der Waals surface area (Å²) in [6.07, 6.45) is 5.26. The lowest BCUT2D eigenvalue weighted by Crippen LogP contribution is -2.29. The summed E-state index contributed by atoms with van der Waals surface area (Å²) in [5, 5.41) is 8.01. The minimum Gasteiger partial charge on any atom is -0.465 e. The zero-order valence-corrected chi connectivity index (χ0v) is 20.4. The first kappa shape index (κ1) is 24.1. The number of carbonyl (C=O) groups excluding carboxylic acids is 2. The van der Waals surface area contributed by atoms with Gasteiger partial charge in [0.2, 0.25) is 0 Å². The molecule has 3 heterocycles. The maximum absolute atomic E-state index is 12.7. The highest BCUT2D eigenvalue weighted by molar-refractivity contribution is 5.96. The number of nitrogens with one attached hydrogen (secondary N) is 1. The first-order valence-corrected chi connectivity index (χ1v) is 12.0. The monoisotopic (exact) mass is 497 g/mol. The average molecular weight is 498 g/mol. The van der Waals surface area contributed by atoms with Gasteiger partial charge in [0.15, 0.2) is 0 Å². The lowest BCUT2D eigenvalue weighted by atomic mass is 10.1. The standard InChI is InChI=1S/C28H27N5O4/c1-36-27(34)23-12-14-29-16-24(23)31-25-17-30-33(26(25)21-10-6-3-7-11-21)22-13-15-32(18-22)28(35)37-19-20-8-4-2-5-9-20/h2-12,14,16-17,22,31H,13,15,18-19H2,1H3. The van der Waals surface area contributed by atoms with Crippen LogP contribution in [0.25, 0.3) is 11.3 Å². The van der Waals surface area contributed by atoms with Crippen LogP contribution in [0.2, 0.25) is 0 Å². The Hall–Kier alpha value is -4.66. The summed E-state index contributed by atoms with van der Waals surface area (Å²) in [4.78, 5) is 30.9. The van der Waals surface area contributed by atoms with Crippen molar-refractivity contribution in [2.45, 2.75) is 19.1 Å². The molecule has 0 bridgehead atoms. The third-order valence-corrected chi connectivity index (χ3v) is 6.31. The van der Waals surface area contributed by atoms with Crippen LogP contribution in [0.1, 0.15) is 28.4 Å². The predicted molar refractivity (Wildman–Crippen MR) is 138 cm³/mol. The molecule has 0 saturated carbocycles. The molecule has 2 aromatic heterocycles. The number of benzene rings is 2. The van der Waals surface area contributed by atoms with E-state index in [-0.39, 0.29) is 18.7 Å². The van der Waals surface area contributed by atoms with Gasteiger partial charge in [0.05, 0.1) is 48.2 Å². The number of anilines is 2. The number of aromatic nitrogens is 3. The maximum Gasteiger partial charge on any atom is 0.410 e. The number of nitrogens with zero attached hydrogens (tertiary/aromatic N) is 4. The van der Waals surface area contributed by atoms with Crippen molar-refractivity contribution in [1.29, 1.82) is 0 Å². The van der Waals surface area contributed by atoms with E-state index in [0.717, 1.165) is 28.9 Å². The Morgan fingerprint density at radius 2 is 1.76 bits per heavy atom. The first-order valence-electron chi connectivity index (χ1n) is 12.0. The highest BCUT2D eigenvalue weighted by atomic mass is 16.6. The molecule has 188 valence electrons. The molecule has 1 aliphatic rings. The molecule has 1 saturated heterocycles. The zero-order valence-electron chi connectivity index (χ0n) is 20.4. The van der Waals surface area contributed by atoms with Crippen LogP contribution in [0.5, 0.6) is 0 Å². The topological polar surface area (TPSA) is 98.6 Å². The van der Waals surface area contributed by atoms with Gasteiger partial charge in [-0.3, -0.25) is 9.67 Å². The number of methoxy groups -OCH3 is 1. The van der Waals surface area contributed by atoms with Crippen molar-refractivity contribution >= 4 is 23.4 Å². The van der Waals surface area contributed by atoms with Crippen LogP contribution in [0.4, 0.5) is 16.2 Å². The second-order valence-corrected chi connectivity index (χ2v) is 8.68. The van der Waals surface area contributed by atoms with E-state index in [4.69, 9.17) is 14.6 Å². The van der Waals surface area contributed by atoms with Gasteiger partial charge in [-0.2, -0.15) is 5.10 Å². The lowest BCUT2D eigenvalue weighted by molar-refractivity contribution is 0.0601. The average Bonchev–Trinajstić information content (AvgIpc) is 3.60. The number of hydrogen-bond donors (Lipinski definition) is 1. The summed E-state index contributed by atoms with van der Waals surface area (Å²) >= 11 is 0. The van der Waals surface area contributed by atoms with Crippen LogP contribution in [0.3, 0.4) is 0 Å². The minimum absolute atomic E-state index is 0.0380. The van der Waals surface area contributed by atoms with Gasteiger partial charge in [-0.15, -0.1) is 0 Å². The molecule has 1 amide bonds. The van der Waals surface area contributed by atoms with E-state index in [9.17, 15) is 9.59 Å².